The first-order chi connectivity index (χ1) is 12.9. The zero-order chi connectivity index (χ0) is 19.6. The summed E-state index contributed by atoms with van der Waals surface area (Å²) in [6.45, 7) is 6.46. The number of amides is 1. The number of fused-ring (bicyclic) bond motifs is 1. The number of nitrogens with zero attached hydrogens (tertiary/aromatic N) is 4. The monoisotopic (exact) mass is 390 g/mol. The molecule has 0 aliphatic carbocycles. The van der Waals surface area contributed by atoms with Gasteiger partial charge in [0.15, 0.2) is 5.82 Å². The number of nitrogens with one attached hydrogen (secondary N) is 2. The molecular weight excluding hydrogens is 364 g/mol. The number of H-pyrrole nitrogens is 1. The summed E-state index contributed by atoms with van der Waals surface area (Å²) in [7, 11) is 1.80. The van der Waals surface area contributed by atoms with Crippen molar-refractivity contribution in [2.75, 3.05) is 18.9 Å². The number of hydrogen-bond donors (Lipinski definition) is 2. The molecule has 0 spiro atoms. The van der Waals surface area contributed by atoms with Crippen LogP contribution in [0.5, 0.6) is 0 Å². The highest BCUT2D eigenvalue weighted by atomic mass is 35.5. The number of anilines is 1. The average Bonchev–Trinajstić information content (AvgIpc) is 3.09. The number of pyridine rings is 1. The number of halogens is 1. The zero-order valence-corrected chi connectivity index (χ0v) is 16.6. The molecule has 0 saturated carbocycles. The van der Waals surface area contributed by atoms with Crippen molar-refractivity contribution in [2.45, 2.75) is 32.7 Å². The van der Waals surface area contributed by atoms with Gasteiger partial charge in [-0.05, 0) is 32.4 Å². The molecule has 0 radical (unpaired) electrons. The van der Waals surface area contributed by atoms with E-state index in [1.807, 2.05) is 33.0 Å². The molecule has 0 aromatic carbocycles. The average molecular weight is 391 g/mol. The summed E-state index contributed by atoms with van der Waals surface area (Å²) in [5, 5.41) is 4.68. The topological polar surface area (TPSA) is 86.8 Å². The molecule has 8 heteroatoms. The summed E-state index contributed by atoms with van der Waals surface area (Å²) in [5.74, 6) is 1.15. The molecule has 3 aromatic rings. The maximum atomic E-state index is 12.7. The van der Waals surface area contributed by atoms with Crippen molar-refractivity contribution in [2.24, 2.45) is 0 Å². The van der Waals surface area contributed by atoms with E-state index in [0.29, 0.717) is 29.6 Å². The van der Waals surface area contributed by atoms with Crippen molar-refractivity contribution < 1.29 is 7.65 Å². The number of aromatic nitrogens is 4. The summed E-state index contributed by atoms with van der Waals surface area (Å²) in [6.07, 6.45) is 5.70. The molecule has 0 fully saturated rings. The largest absolute Gasteiger partial charge is 0.356 e. The van der Waals surface area contributed by atoms with Crippen LogP contribution in [-0.2, 0) is 4.79 Å². The van der Waals surface area contributed by atoms with Crippen LogP contribution in [0.2, 0.25) is 5.02 Å². The molecule has 0 bridgehead atoms. The summed E-state index contributed by atoms with van der Waals surface area (Å²) < 4.78 is 0. The molecule has 27 heavy (non-hydrogen) atoms. The van der Waals surface area contributed by atoms with Gasteiger partial charge in [-0.2, -0.15) is 0 Å². The Bertz CT molecular complexity index is 982. The lowest BCUT2D eigenvalue weighted by atomic mass is 9.97. The van der Waals surface area contributed by atoms with Gasteiger partial charge in [0.1, 0.15) is 17.0 Å². The Balaban J connectivity index is 0.00000210. The minimum absolute atomic E-state index is 0. The van der Waals surface area contributed by atoms with E-state index >= 15 is 0 Å². The first-order valence-corrected chi connectivity index (χ1v) is 9.25. The second kappa shape index (κ2) is 7.52. The lowest BCUT2D eigenvalue weighted by Crippen LogP contribution is -2.50. The van der Waals surface area contributed by atoms with Gasteiger partial charge < -0.3 is 15.2 Å². The first-order valence-electron chi connectivity index (χ1n) is 8.87. The fourth-order valence-electron chi connectivity index (χ4n) is 2.86. The van der Waals surface area contributed by atoms with Crippen LogP contribution in [0, 0.1) is 0 Å². The van der Waals surface area contributed by atoms with Gasteiger partial charge >= 0.3 is 0 Å². The molecular formula is C19H27ClN6O. The maximum absolute atomic E-state index is 12.7. The predicted molar refractivity (Wildman–Crippen MR) is 112 cm³/mol. The number of hydrogen-bond acceptors (Lipinski definition) is 5. The van der Waals surface area contributed by atoms with Crippen LogP contribution < -0.4 is 5.32 Å². The Morgan fingerprint density at radius 2 is 2.19 bits per heavy atom. The van der Waals surface area contributed by atoms with Crippen LogP contribution in [0.3, 0.4) is 0 Å². The predicted octanol–water partition coefficient (Wildman–Crippen LogP) is 4.22. The van der Waals surface area contributed by atoms with Crippen molar-refractivity contribution in [3.8, 4) is 11.4 Å². The van der Waals surface area contributed by atoms with E-state index < -0.39 is 5.54 Å². The molecule has 0 saturated heterocycles. The lowest BCUT2D eigenvalue weighted by molar-refractivity contribution is -0.134. The highest BCUT2D eigenvalue weighted by Crippen LogP contribution is 2.28. The molecule has 0 unspecified atom stereocenters. The van der Waals surface area contributed by atoms with E-state index in [-0.39, 0.29) is 8.76 Å². The van der Waals surface area contributed by atoms with Crippen molar-refractivity contribution >= 4 is 34.4 Å². The highest BCUT2D eigenvalue weighted by Gasteiger charge is 2.33. The van der Waals surface area contributed by atoms with Crippen LogP contribution in [0.1, 0.15) is 30.0 Å². The quantitative estimate of drug-likeness (QED) is 0.657. The number of rotatable bonds is 6. The third-order valence-electron chi connectivity index (χ3n) is 4.80. The van der Waals surface area contributed by atoms with Gasteiger partial charge in [0.05, 0.1) is 5.02 Å². The molecule has 146 valence electrons. The maximum Gasteiger partial charge on any atom is 0.247 e. The van der Waals surface area contributed by atoms with E-state index in [2.05, 4.69) is 25.3 Å². The fraction of sp³-hybridized carbons (Fsp3) is 0.368. The van der Waals surface area contributed by atoms with Crippen LogP contribution in [-0.4, -0.2) is 49.9 Å². The third-order valence-corrected chi connectivity index (χ3v) is 5.01. The van der Waals surface area contributed by atoms with E-state index in [1.165, 1.54) is 0 Å². The minimum atomic E-state index is -0.749. The smallest absolute Gasteiger partial charge is 0.247 e. The Hall–Kier alpha value is -2.67. The van der Waals surface area contributed by atoms with Crippen molar-refractivity contribution in [1.82, 2.24) is 24.8 Å². The molecule has 0 aliphatic rings. The van der Waals surface area contributed by atoms with Crippen molar-refractivity contribution in [3.05, 3.63) is 35.7 Å². The van der Waals surface area contributed by atoms with Gasteiger partial charge in [-0.1, -0.05) is 18.5 Å². The summed E-state index contributed by atoms with van der Waals surface area (Å²) in [4.78, 5) is 30.8. The zero-order valence-electron chi connectivity index (χ0n) is 15.9. The molecule has 3 heterocycles. The Morgan fingerprint density at radius 3 is 2.89 bits per heavy atom. The van der Waals surface area contributed by atoms with Gasteiger partial charge in [0.2, 0.25) is 5.91 Å². The molecule has 3 aromatic heterocycles. The molecule has 0 aliphatic heterocycles. The Kier molecular flexibility index (Phi) is 5.32. The van der Waals surface area contributed by atoms with Gasteiger partial charge in [0.25, 0.3) is 0 Å². The fourth-order valence-corrected chi connectivity index (χ4v) is 3.02. The molecule has 2 N–H and O–H groups in total. The highest BCUT2D eigenvalue weighted by molar-refractivity contribution is 6.31. The summed E-state index contributed by atoms with van der Waals surface area (Å²) in [6, 6.07) is 3.59. The first kappa shape index (κ1) is 19.1. The van der Waals surface area contributed by atoms with E-state index in [4.69, 9.17) is 11.6 Å². The van der Waals surface area contributed by atoms with Crippen molar-refractivity contribution in [3.63, 3.8) is 0 Å². The number of carbonyl (C=O) groups is 1. The molecule has 1 atom stereocenters. The normalized spacial score (nSPS) is 13.4. The number of likely N-dealkylation sites (N-methyl/N-ethyl adjacent to an activating group) is 1. The Labute approximate surface area is 166 Å². The van der Waals surface area contributed by atoms with Crippen molar-refractivity contribution in [1.29, 1.82) is 0 Å². The lowest BCUT2D eigenvalue weighted by Gasteiger charge is -2.32. The minimum Gasteiger partial charge on any atom is -0.356 e. The molecule has 3 rings (SSSR count). The SMILES string of the molecule is CCN(C)C(=O)[C@@](C)(CC)Nc1ccnc(-c2c[nH]c3ncc(Cl)cc23)n1.[HH].[HH]. The van der Waals surface area contributed by atoms with Gasteiger partial charge in [-0.3, -0.25) is 4.79 Å². The molecule has 7 nitrogen and oxygen atoms in total. The van der Waals surface area contributed by atoms with Crippen LogP contribution >= 0.6 is 11.6 Å². The third kappa shape index (κ3) is 3.73. The van der Waals surface area contributed by atoms with E-state index in [9.17, 15) is 4.79 Å². The van der Waals surface area contributed by atoms with Crippen LogP contribution in [0.25, 0.3) is 22.4 Å². The van der Waals surface area contributed by atoms with Gasteiger partial charge in [-0.25, -0.2) is 15.0 Å². The number of carbonyl (C=O) groups excluding carboxylic acids is 1. The van der Waals surface area contributed by atoms with E-state index in [1.54, 1.807) is 30.4 Å². The second-order valence-corrected chi connectivity index (χ2v) is 7.08. The second-order valence-electron chi connectivity index (χ2n) is 6.65. The summed E-state index contributed by atoms with van der Waals surface area (Å²) >= 11 is 6.08. The van der Waals surface area contributed by atoms with Gasteiger partial charge in [-0.15, -0.1) is 0 Å². The molecule has 1 amide bonds. The van der Waals surface area contributed by atoms with Crippen LogP contribution in [0.4, 0.5) is 5.82 Å². The van der Waals surface area contributed by atoms with Crippen LogP contribution in [0.15, 0.2) is 30.7 Å². The Morgan fingerprint density at radius 1 is 1.41 bits per heavy atom. The number of aromatic amines is 1. The van der Waals surface area contributed by atoms with Gasteiger partial charge in [0, 0.05) is 46.0 Å². The standard InChI is InChI=1S/C19H23ClN6O.2H2/c1-5-19(3,18(27)26(4)6-2)25-15-7-8-21-17(24-15)14-11-23-16-13(14)9-12(20)10-22-16;;/h7-11H,5-6H2,1-4H3,(H,22,23)(H,21,24,25);2*1H/t19-;;/m1../s1. The van der Waals surface area contributed by atoms with E-state index in [0.717, 1.165) is 16.6 Å². The summed E-state index contributed by atoms with van der Waals surface area (Å²) in [5.41, 5.74) is 0.773.